The fraction of sp³-hybridized carbons (Fsp3) is 0.429. The maximum atomic E-state index is 13.8. The molecule has 1 aliphatic heterocycles. The van der Waals surface area contributed by atoms with E-state index in [1.165, 1.54) is 6.07 Å². The van der Waals surface area contributed by atoms with Gasteiger partial charge in [-0.2, -0.15) is 4.37 Å². The van der Waals surface area contributed by atoms with Crippen molar-refractivity contribution in [3.8, 4) is 5.88 Å². The molecule has 0 amide bonds. The molecule has 0 radical (unpaired) electrons. The zero-order valence-electron chi connectivity index (χ0n) is 12.1. The Kier molecular flexibility index (Phi) is 4.75. The number of nitrogens with zero attached hydrogens (tertiary/aromatic N) is 4. The highest BCUT2D eigenvalue weighted by molar-refractivity contribution is 6.99. The third-order valence-corrected chi connectivity index (χ3v) is 4.52. The molecule has 8 heteroatoms. The van der Waals surface area contributed by atoms with Gasteiger partial charge < -0.3 is 14.5 Å². The van der Waals surface area contributed by atoms with Gasteiger partial charge in [-0.15, -0.1) is 4.37 Å². The number of hydrogen-bond acceptors (Lipinski definition) is 6. The molecule has 0 saturated carbocycles. The minimum atomic E-state index is -0.378. The molecular weight excluding hydrogens is 327 g/mol. The van der Waals surface area contributed by atoms with Crippen LogP contribution in [-0.2, 0) is 6.61 Å². The second-order valence-corrected chi connectivity index (χ2v) is 6.11. The summed E-state index contributed by atoms with van der Waals surface area (Å²) in [4.78, 5) is 4.40. The second kappa shape index (κ2) is 6.76. The van der Waals surface area contributed by atoms with E-state index in [1.54, 1.807) is 12.1 Å². The molecule has 3 rings (SSSR count). The molecule has 1 aromatic heterocycles. The number of rotatable bonds is 4. The van der Waals surface area contributed by atoms with Gasteiger partial charge in [0.1, 0.15) is 12.4 Å². The Labute approximate surface area is 137 Å². The fourth-order valence-electron chi connectivity index (χ4n) is 2.29. The molecule has 0 N–H and O–H groups in total. The topological polar surface area (TPSA) is 41.5 Å². The normalized spacial score (nSPS) is 16.0. The van der Waals surface area contributed by atoms with Crippen LogP contribution in [0.2, 0.25) is 5.02 Å². The highest BCUT2D eigenvalue weighted by Gasteiger charge is 2.21. The molecule has 0 unspecified atom stereocenters. The lowest BCUT2D eigenvalue weighted by Gasteiger charge is -2.32. The Morgan fingerprint density at radius 1 is 1.27 bits per heavy atom. The summed E-state index contributed by atoms with van der Waals surface area (Å²) in [5, 5.41) is 0.351. The first-order chi connectivity index (χ1) is 10.6. The first-order valence-corrected chi connectivity index (χ1v) is 8.07. The van der Waals surface area contributed by atoms with Crippen molar-refractivity contribution in [2.24, 2.45) is 0 Å². The first kappa shape index (κ1) is 15.5. The van der Waals surface area contributed by atoms with Crippen LogP contribution in [0.15, 0.2) is 18.2 Å². The van der Waals surface area contributed by atoms with Crippen molar-refractivity contribution in [1.29, 1.82) is 0 Å². The molecule has 0 spiro atoms. The van der Waals surface area contributed by atoms with Crippen LogP contribution in [0.25, 0.3) is 0 Å². The van der Waals surface area contributed by atoms with E-state index in [-0.39, 0.29) is 12.4 Å². The third kappa shape index (κ3) is 3.31. The van der Waals surface area contributed by atoms with Gasteiger partial charge in [0.2, 0.25) is 5.82 Å². The van der Waals surface area contributed by atoms with Crippen LogP contribution >= 0.6 is 23.3 Å². The van der Waals surface area contributed by atoms with Gasteiger partial charge in [0, 0.05) is 31.7 Å². The molecule has 1 saturated heterocycles. The van der Waals surface area contributed by atoms with E-state index in [4.69, 9.17) is 16.3 Å². The summed E-state index contributed by atoms with van der Waals surface area (Å²) in [5.74, 6) is 0.788. The number of anilines is 1. The highest BCUT2D eigenvalue weighted by Crippen LogP contribution is 2.28. The Balaban J connectivity index is 1.70. The SMILES string of the molecule is CN1CCN(c2nsnc2OCc2c(F)cccc2Cl)CC1. The van der Waals surface area contributed by atoms with Gasteiger partial charge in [-0.05, 0) is 19.2 Å². The second-order valence-electron chi connectivity index (χ2n) is 5.17. The van der Waals surface area contributed by atoms with E-state index in [2.05, 4.69) is 25.6 Å². The Morgan fingerprint density at radius 3 is 2.77 bits per heavy atom. The molecule has 1 aromatic carbocycles. The van der Waals surface area contributed by atoms with Crippen molar-refractivity contribution >= 4 is 29.1 Å². The van der Waals surface area contributed by atoms with Crippen LogP contribution in [0.5, 0.6) is 5.88 Å². The lowest BCUT2D eigenvalue weighted by Crippen LogP contribution is -2.44. The predicted molar refractivity (Wildman–Crippen MR) is 85.4 cm³/mol. The van der Waals surface area contributed by atoms with E-state index in [0.717, 1.165) is 43.7 Å². The molecule has 118 valence electrons. The largest absolute Gasteiger partial charge is 0.469 e. The van der Waals surface area contributed by atoms with Gasteiger partial charge in [0.25, 0.3) is 5.88 Å². The van der Waals surface area contributed by atoms with E-state index in [0.29, 0.717) is 16.5 Å². The molecule has 0 atom stereocenters. The number of benzene rings is 1. The molecule has 1 aliphatic rings. The van der Waals surface area contributed by atoms with Crippen molar-refractivity contribution in [1.82, 2.24) is 13.6 Å². The monoisotopic (exact) mass is 342 g/mol. The number of hydrogen-bond donors (Lipinski definition) is 0. The van der Waals surface area contributed by atoms with Gasteiger partial charge >= 0.3 is 0 Å². The highest BCUT2D eigenvalue weighted by atomic mass is 35.5. The lowest BCUT2D eigenvalue weighted by atomic mass is 10.2. The molecule has 2 heterocycles. The summed E-state index contributed by atoms with van der Waals surface area (Å²) >= 11 is 7.10. The smallest absolute Gasteiger partial charge is 0.271 e. The van der Waals surface area contributed by atoms with Crippen molar-refractivity contribution in [2.45, 2.75) is 6.61 Å². The van der Waals surface area contributed by atoms with E-state index in [9.17, 15) is 4.39 Å². The number of halogens is 2. The zero-order chi connectivity index (χ0) is 15.5. The average Bonchev–Trinajstić information content (AvgIpc) is 2.96. The van der Waals surface area contributed by atoms with Crippen LogP contribution in [0.1, 0.15) is 5.56 Å². The van der Waals surface area contributed by atoms with Crippen LogP contribution in [0.4, 0.5) is 10.2 Å². The zero-order valence-corrected chi connectivity index (χ0v) is 13.7. The molecule has 2 aromatic rings. The van der Waals surface area contributed by atoms with Crippen molar-refractivity contribution < 1.29 is 9.13 Å². The number of aromatic nitrogens is 2. The van der Waals surface area contributed by atoms with E-state index < -0.39 is 0 Å². The minimum absolute atomic E-state index is 0.0393. The van der Waals surface area contributed by atoms with Crippen molar-refractivity contribution in [3.05, 3.63) is 34.6 Å². The number of likely N-dealkylation sites (N-methyl/N-ethyl adjacent to an activating group) is 1. The van der Waals surface area contributed by atoms with Gasteiger partial charge in [0.05, 0.1) is 16.8 Å². The molecule has 0 aliphatic carbocycles. The molecular formula is C14H16ClFN4OS. The predicted octanol–water partition coefficient (Wildman–Crippen LogP) is 2.66. The maximum absolute atomic E-state index is 13.8. The van der Waals surface area contributed by atoms with Gasteiger partial charge in [-0.1, -0.05) is 17.7 Å². The van der Waals surface area contributed by atoms with Crippen LogP contribution in [0, 0.1) is 5.82 Å². The Hall–Kier alpha value is -1.44. The quantitative estimate of drug-likeness (QED) is 0.854. The number of piperazine rings is 1. The molecule has 1 fully saturated rings. The summed E-state index contributed by atoms with van der Waals surface area (Å²) in [5.41, 5.74) is 0.335. The van der Waals surface area contributed by atoms with Gasteiger partial charge in [-0.3, -0.25) is 0 Å². The molecule has 22 heavy (non-hydrogen) atoms. The fourth-order valence-corrected chi connectivity index (χ4v) is 3.03. The van der Waals surface area contributed by atoms with E-state index in [1.807, 2.05) is 0 Å². The Bertz CT molecular complexity index is 625. The summed E-state index contributed by atoms with van der Waals surface area (Å²) in [7, 11) is 2.09. The average molecular weight is 343 g/mol. The molecule has 5 nitrogen and oxygen atoms in total. The van der Waals surface area contributed by atoms with Crippen molar-refractivity contribution in [2.75, 3.05) is 38.1 Å². The number of ether oxygens (including phenoxy) is 1. The van der Waals surface area contributed by atoms with Gasteiger partial charge in [0.15, 0.2) is 0 Å². The summed E-state index contributed by atoms with van der Waals surface area (Å²) in [6, 6.07) is 4.58. The minimum Gasteiger partial charge on any atom is -0.469 e. The first-order valence-electron chi connectivity index (χ1n) is 6.97. The Morgan fingerprint density at radius 2 is 2.05 bits per heavy atom. The standard InChI is InChI=1S/C14H16ClFN4OS/c1-19-5-7-20(8-6-19)13-14(18-22-17-13)21-9-10-11(15)3-2-4-12(10)16/h2-4H,5-9H2,1H3. The van der Waals surface area contributed by atoms with Crippen molar-refractivity contribution in [3.63, 3.8) is 0 Å². The van der Waals surface area contributed by atoms with Gasteiger partial charge in [-0.25, -0.2) is 4.39 Å². The summed E-state index contributed by atoms with van der Waals surface area (Å²) < 4.78 is 27.9. The summed E-state index contributed by atoms with van der Waals surface area (Å²) in [6.45, 7) is 3.72. The van der Waals surface area contributed by atoms with E-state index >= 15 is 0 Å². The third-order valence-electron chi connectivity index (χ3n) is 3.66. The summed E-state index contributed by atoms with van der Waals surface area (Å²) in [6.07, 6.45) is 0. The maximum Gasteiger partial charge on any atom is 0.271 e. The van der Waals surface area contributed by atoms with Crippen LogP contribution in [-0.4, -0.2) is 46.9 Å². The molecule has 0 bridgehead atoms. The van der Waals surface area contributed by atoms with Crippen LogP contribution in [0.3, 0.4) is 0 Å². The lowest BCUT2D eigenvalue weighted by molar-refractivity contribution is 0.285. The van der Waals surface area contributed by atoms with Crippen LogP contribution < -0.4 is 9.64 Å².